The third kappa shape index (κ3) is 1.85. The van der Waals surface area contributed by atoms with Crippen molar-refractivity contribution in [3.05, 3.63) is 41.4 Å². The van der Waals surface area contributed by atoms with E-state index in [2.05, 4.69) is 4.98 Å². The van der Waals surface area contributed by atoms with Gasteiger partial charge in [0.25, 0.3) is 0 Å². The highest BCUT2D eigenvalue weighted by molar-refractivity contribution is 5.93. The predicted octanol–water partition coefficient (Wildman–Crippen LogP) is 2.37. The van der Waals surface area contributed by atoms with Gasteiger partial charge in [0, 0.05) is 18.7 Å². The Morgan fingerprint density at radius 2 is 2.06 bits per heavy atom. The number of hydrogen-bond acceptors (Lipinski definition) is 2. The number of benzene rings is 1. The minimum Gasteiger partial charge on any atom is -0.477 e. The highest BCUT2D eigenvalue weighted by Gasteiger charge is 2.22. The Kier molecular flexibility index (Phi) is 2.86. The lowest BCUT2D eigenvalue weighted by Gasteiger charge is -2.03. The second-order valence-corrected chi connectivity index (χ2v) is 3.84. The first-order valence-electron chi connectivity index (χ1n) is 5.14. The van der Waals surface area contributed by atoms with Crippen LogP contribution in [-0.4, -0.2) is 20.6 Å². The summed E-state index contributed by atoms with van der Waals surface area (Å²) in [5.74, 6) is -2.33. The van der Waals surface area contributed by atoms with E-state index in [1.54, 1.807) is 6.92 Å². The van der Waals surface area contributed by atoms with Crippen LogP contribution in [0.25, 0.3) is 11.3 Å². The Bertz CT molecular complexity index is 635. The molecule has 0 amide bonds. The van der Waals surface area contributed by atoms with Crippen LogP contribution < -0.4 is 0 Å². The van der Waals surface area contributed by atoms with Crippen LogP contribution in [0.4, 0.5) is 8.78 Å². The number of hydrogen-bond donors (Lipinski definition) is 1. The zero-order chi connectivity index (χ0) is 13.4. The van der Waals surface area contributed by atoms with E-state index in [4.69, 9.17) is 5.11 Å². The van der Waals surface area contributed by atoms with Crippen LogP contribution in [0.2, 0.25) is 0 Å². The molecule has 0 radical (unpaired) electrons. The van der Waals surface area contributed by atoms with Gasteiger partial charge in [0.1, 0.15) is 23.2 Å². The highest BCUT2D eigenvalue weighted by Crippen LogP contribution is 2.26. The lowest BCUT2D eigenvalue weighted by atomic mass is 10.1. The number of aromatic carboxylic acids is 1. The van der Waals surface area contributed by atoms with Crippen LogP contribution in [-0.2, 0) is 7.05 Å². The lowest BCUT2D eigenvalue weighted by molar-refractivity contribution is 0.0687. The number of imidazole rings is 1. The molecular formula is C12H10F2N2O2. The van der Waals surface area contributed by atoms with Crippen molar-refractivity contribution in [1.29, 1.82) is 0 Å². The SMILES string of the molecule is Cc1nc(-c2ccc(F)cc2F)c(C(=O)O)n1C. The zero-order valence-electron chi connectivity index (χ0n) is 9.74. The maximum Gasteiger partial charge on any atom is 0.354 e. The molecular weight excluding hydrogens is 242 g/mol. The summed E-state index contributed by atoms with van der Waals surface area (Å²) in [6.07, 6.45) is 0. The van der Waals surface area contributed by atoms with Crippen molar-refractivity contribution in [2.75, 3.05) is 0 Å². The molecule has 1 N–H and O–H groups in total. The van der Waals surface area contributed by atoms with Crippen molar-refractivity contribution in [2.24, 2.45) is 7.05 Å². The average Bonchev–Trinajstić information content (AvgIpc) is 2.55. The van der Waals surface area contributed by atoms with Gasteiger partial charge < -0.3 is 9.67 Å². The van der Waals surface area contributed by atoms with Crippen molar-refractivity contribution in [2.45, 2.75) is 6.92 Å². The molecule has 0 spiro atoms. The smallest absolute Gasteiger partial charge is 0.354 e. The van der Waals surface area contributed by atoms with Crippen LogP contribution in [0.15, 0.2) is 18.2 Å². The quantitative estimate of drug-likeness (QED) is 0.892. The van der Waals surface area contributed by atoms with Crippen molar-refractivity contribution < 1.29 is 18.7 Å². The number of carboxylic acid groups (broad SMARTS) is 1. The van der Waals surface area contributed by atoms with E-state index in [-0.39, 0.29) is 17.0 Å². The fourth-order valence-corrected chi connectivity index (χ4v) is 1.72. The van der Waals surface area contributed by atoms with Crippen molar-refractivity contribution >= 4 is 5.97 Å². The van der Waals surface area contributed by atoms with E-state index >= 15 is 0 Å². The van der Waals surface area contributed by atoms with Crippen molar-refractivity contribution in [3.63, 3.8) is 0 Å². The summed E-state index contributed by atoms with van der Waals surface area (Å²) < 4.78 is 27.8. The number of carboxylic acids is 1. The first-order chi connectivity index (χ1) is 8.41. The number of halogens is 2. The Hall–Kier alpha value is -2.24. The van der Waals surface area contributed by atoms with Gasteiger partial charge in [-0.3, -0.25) is 0 Å². The van der Waals surface area contributed by atoms with Gasteiger partial charge in [-0.05, 0) is 19.1 Å². The standard InChI is InChI=1S/C12H10F2N2O2/c1-6-15-10(11(12(17)18)16(6)2)8-4-3-7(13)5-9(8)14/h3-5H,1-2H3,(H,17,18). The molecule has 0 fully saturated rings. The number of rotatable bonds is 2. The van der Waals surface area contributed by atoms with E-state index in [9.17, 15) is 13.6 Å². The van der Waals surface area contributed by atoms with Crippen LogP contribution in [0, 0.1) is 18.6 Å². The molecule has 1 aromatic carbocycles. The summed E-state index contributed by atoms with van der Waals surface area (Å²) >= 11 is 0. The number of nitrogens with zero attached hydrogens (tertiary/aromatic N) is 2. The summed E-state index contributed by atoms with van der Waals surface area (Å²) in [7, 11) is 1.52. The first-order valence-corrected chi connectivity index (χ1v) is 5.14. The molecule has 0 saturated carbocycles. The van der Waals surface area contributed by atoms with Gasteiger partial charge in [-0.1, -0.05) is 0 Å². The van der Waals surface area contributed by atoms with Crippen LogP contribution in [0.3, 0.4) is 0 Å². The molecule has 18 heavy (non-hydrogen) atoms. The highest BCUT2D eigenvalue weighted by atomic mass is 19.1. The molecule has 2 aromatic rings. The molecule has 0 atom stereocenters. The summed E-state index contributed by atoms with van der Waals surface area (Å²) in [4.78, 5) is 15.2. The van der Waals surface area contributed by atoms with Crippen LogP contribution >= 0.6 is 0 Å². The molecule has 0 aliphatic carbocycles. The fraction of sp³-hybridized carbons (Fsp3) is 0.167. The largest absolute Gasteiger partial charge is 0.477 e. The maximum absolute atomic E-state index is 13.6. The van der Waals surface area contributed by atoms with Gasteiger partial charge in [0.05, 0.1) is 0 Å². The Balaban J connectivity index is 2.71. The van der Waals surface area contributed by atoms with Gasteiger partial charge in [-0.25, -0.2) is 18.6 Å². The summed E-state index contributed by atoms with van der Waals surface area (Å²) in [6, 6.07) is 2.94. The van der Waals surface area contributed by atoms with Gasteiger partial charge in [0.15, 0.2) is 5.69 Å². The minimum absolute atomic E-state index is 0.000000000000000444. The maximum atomic E-state index is 13.6. The normalized spacial score (nSPS) is 10.7. The number of carbonyl (C=O) groups is 1. The number of aryl methyl sites for hydroxylation is 1. The van der Waals surface area contributed by atoms with E-state index in [0.29, 0.717) is 11.9 Å². The fourth-order valence-electron chi connectivity index (χ4n) is 1.72. The Labute approximate surface area is 102 Å². The Morgan fingerprint density at radius 1 is 1.39 bits per heavy atom. The van der Waals surface area contributed by atoms with E-state index < -0.39 is 17.6 Å². The topological polar surface area (TPSA) is 55.1 Å². The molecule has 0 saturated heterocycles. The van der Waals surface area contributed by atoms with E-state index in [0.717, 1.165) is 6.07 Å². The molecule has 0 aliphatic rings. The monoisotopic (exact) mass is 252 g/mol. The van der Waals surface area contributed by atoms with Crippen LogP contribution in [0.5, 0.6) is 0 Å². The zero-order valence-corrected chi connectivity index (χ0v) is 9.74. The molecule has 2 rings (SSSR count). The van der Waals surface area contributed by atoms with Gasteiger partial charge in [-0.2, -0.15) is 0 Å². The summed E-state index contributed by atoms with van der Waals surface area (Å²) in [5, 5.41) is 9.11. The second kappa shape index (κ2) is 4.21. The van der Waals surface area contributed by atoms with Crippen LogP contribution in [0.1, 0.15) is 16.3 Å². The minimum atomic E-state index is -1.21. The lowest BCUT2D eigenvalue weighted by Crippen LogP contribution is -2.07. The average molecular weight is 252 g/mol. The molecule has 4 nitrogen and oxygen atoms in total. The molecule has 0 bridgehead atoms. The molecule has 6 heteroatoms. The van der Waals surface area contributed by atoms with Crippen molar-refractivity contribution in [3.8, 4) is 11.3 Å². The molecule has 1 heterocycles. The second-order valence-electron chi connectivity index (χ2n) is 3.84. The molecule has 0 unspecified atom stereocenters. The summed E-state index contributed by atoms with van der Waals surface area (Å²) in [6.45, 7) is 1.61. The number of aromatic nitrogens is 2. The molecule has 94 valence electrons. The molecule has 1 aromatic heterocycles. The van der Waals surface area contributed by atoms with E-state index in [1.165, 1.54) is 17.7 Å². The van der Waals surface area contributed by atoms with E-state index in [1.807, 2.05) is 0 Å². The third-order valence-corrected chi connectivity index (χ3v) is 2.71. The van der Waals surface area contributed by atoms with Crippen molar-refractivity contribution in [1.82, 2.24) is 9.55 Å². The van der Waals surface area contributed by atoms with Gasteiger partial charge in [-0.15, -0.1) is 0 Å². The third-order valence-electron chi connectivity index (χ3n) is 2.71. The summed E-state index contributed by atoms with van der Waals surface area (Å²) in [5.41, 5.74) is -0.157. The first kappa shape index (κ1) is 12.2. The Morgan fingerprint density at radius 3 is 2.61 bits per heavy atom. The molecule has 0 aliphatic heterocycles. The van der Waals surface area contributed by atoms with Gasteiger partial charge >= 0.3 is 5.97 Å². The van der Waals surface area contributed by atoms with Gasteiger partial charge in [0.2, 0.25) is 0 Å². The predicted molar refractivity (Wildman–Crippen MR) is 60.3 cm³/mol.